The second-order valence-corrected chi connectivity index (χ2v) is 7.84. The summed E-state index contributed by atoms with van der Waals surface area (Å²) in [5.74, 6) is -2.89. The molecule has 1 atom stereocenters. The van der Waals surface area contributed by atoms with E-state index in [1.807, 2.05) is 30.5 Å². The molecule has 1 aliphatic heterocycles. The minimum Gasteiger partial charge on any atom is -0.497 e. The number of methoxy groups -OCH3 is 1. The zero-order valence-corrected chi connectivity index (χ0v) is 16.4. The van der Waals surface area contributed by atoms with E-state index in [2.05, 4.69) is 9.88 Å². The molecule has 2 aromatic carbocycles. The van der Waals surface area contributed by atoms with Gasteiger partial charge >= 0.3 is 0 Å². The summed E-state index contributed by atoms with van der Waals surface area (Å²) in [5, 5.41) is 0.941. The van der Waals surface area contributed by atoms with Crippen molar-refractivity contribution in [1.82, 2.24) is 9.88 Å². The number of likely N-dealkylation sites (tertiary alicyclic amines) is 1. The maximum atomic E-state index is 14.6. The standard InChI is InChI=1S/C23H25F3N2O/c1-29-20-4-2-3-16(11-20)5-6-18-15-28(10-9-23(18,25)26)14-17-13-27-22-12-19(24)7-8-21(17)22/h2-4,7-8,11-13,18,27H,5-6,9-10,14-15H2,1H3. The Morgan fingerprint density at radius 1 is 1.21 bits per heavy atom. The number of rotatable bonds is 6. The fourth-order valence-corrected chi connectivity index (χ4v) is 4.19. The van der Waals surface area contributed by atoms with Gasteiger partial charge in [0.05, 0.1) is 7.11 Å². The molecule has 1 fully saturated rings. The van der Waals surface area contributed by atoms with Crippen molar-refractivity contribution >= 4 is 10.9 Å². The van der Waals surface area contributed by atoms with E-state index in [4.69, 9.17) is 4.74 Å². The number of ether oxygens (including phenoxy) is 1. The Bertz CT molecular complexity index is 985. The number of aromatic nitrogens is 1. The molecular formula is C23H25F3N2O. The minimum atomic E-state index is -2.65. The molecule has 0 saturated carbocycles. The number of alkyl halides is 2. The highest BCUT2D eigenvalue weighted by Gasteiger charge is 2.43. The Morgan fingerprint density at radius 2 is 2.07 bits per heavy atom. The summed E-state index contributed by atoms with van der Waals surface area (Å²) >= 11 is 0. The average Bonchev–Trinajstić information content (AvgIpc) is 3.10. The number of fused-ring (bicyclic) bond motifs is 1. The van der Waals surface area contributed by atoms with E-state index in [-0.39, 0.29) is 12.2 Å². The van der Waals surface area contributed by atoms with Crippen LogP contribution in [0.1, 0.15) is 24.0 Å². The normalized spacial score (nSPS) is 19.5. The highest BCUT2D eigenvalue weighted by molar-refractivity contribution is 5.83. The van der Waals surface area contributed by atoms with Gasteiger partial charge in [-0.2, -0.15) is 0 Å². The number of aromatic amines is 1. The number of hydrogen-bond acceptors (Lipinski definition) is 2. The third-order valence-corrected chi connectivity index (χ3v) is 5.88. The zero-order chi connectivity index (χ0) is 20.4. The molecule has 0 radical (unpaired) electrons. The average molecular weight is 402 g/mol. The maximum absolute atomic E-state index is 14.6. The number of nitrogens with zero attached hydrogens (tertiary/aromatic N) is 1. The Morgan fingerprint density at radius 3 is 2.90 bits per heavy atom. The summed E-state index contributed by atoms with van der Waals surface area (Å²) < 4.78 is 47.7. The van der Waals surface area contributed by atoms with Gasteiger partial charge in [0.2, 0.25) is 0 Å². The number of H-pyrrole nitrogens is 1. The molecular weight excluding hydrogens is 377 g/mol. The molecule has 4 rings (SSSR count). The van der Waals surface area contributed by atoms with Crippen molar-refractivity contribution in [2.45, 2.75) is 31.7 Å². The van der Waals surface area contributed by atoms with E-state index < -0.39 is 11.8 Å². The van der Waals surface area contributed by atoms with Crippen LogP contribution in [0.25, 0.3) is 10.9 Å². The Labute approximate surface area is 168 Å². The highest BCUT2D eigenvalue weighted by atomic mass is 19.3. The number of nitrogens with one attached hydrogen (secondary N) is 1. The first-order valence-electron chi connectivity index (χ1n) is 9.93. The van der Waals surface area contributed by atoms with Gasteiger partial charge in [-0.1, -0.05) is 12.1 Å². The molecule has 1 aromatic heterocycles. The lowest BCUT2D eigenvalue weighted by molar-refractivity contribution is -0.109. The molecule has 1 unspecified atom stereocenters. The number of benzene rings is 2. The lowest BCUT2D eigenvalue weighted by Gasteiger charge is -2.38. The Kier molecular flexibility index (Phi) is 5.54. The van der Waals surface area contributed by atoms with E-state index in [1.54, 1.807) is 13.2 Å². The van der Waals surface area contributed by atoms with Gasteiger partial charge in [0, 0.05) is 49.1 Å². The fourth-order valence-electron chi connectivity index (χ4n) is 4.19. The predicted molar refractivity (Wildman–Crippen MR) is 108 cm³/mol. The SMILES string of the molecule is COc1cccc(CCC2CN(Cc3c[nH]c4cc(F)ccc34)CCC2(F)F)c1. The second kappa shape index (κ2) is 8.11. The van der Waals surface area contributed by atoms with Gasteiger partial charge in [-0.3, -0.25) is 4.90 Å². The van der Waals surface area contributed by atoms with Gasteiger partial charge in [-0.05, 0) is 54.3 Å². The molecule has 29 heavy (non-hydrogen) atoms. The topological polar surface area (TPSA) is 28.3 Å². The van der Waals surface area contributed by atoms with Gasteiger partial charge < -0.3 is 9.72 Å². The van der Waals surface area contributed by atoms with Gasteiger partial charge in [0.1, 0.15) is 11.6 Å². The van der Waals surface area contributed by atoms with Crippen molar-refractivity contribution in [3.63, 3.8) is 0 Å². The van der Waals surface area contributed by atoms with Crippen LogP contribution >= 0.6 is 0 Å². The lowest BCUT2D eigenvalue weighted by atomic mass is 9.88. The van der Waals surface area contributed by atoms with Gasteiger partial charge in [0.25, 0.3) is 5.92 Å². The van der Waals surface area contributed by atoms with E-state index >= 15 is 0 Å². The number of hydrogen-bond donors (Lipinski definition) is 1. The fraction of sp³-hybridized carbons (Fsp3) is 0.391. The van der Waals surface area contributed by atoms with Crippen LogP contribution in [-0.2, 0) is 13.0 Å². The van der Waals surface area contributed by atoms with Crippen molar-refractivity contribution in [3.05, 3.63) is 65.6 Å². The lowest BCUT2D eigenvalue weighted by Crippen LogP contribution is -2.46. The number of piperidine rings is 1. The Balaban J connectivity index is 1.43. The van der Waals surface area contributed by atoms with Crippen molar-refractivity contribution in [1.29, 1.82) is 0 Å². The third-order valence-electron chi connectivity index (χ3n) is 5.88. The van der Waals surface area contributed by atoms with E-state index in [9.17, 15) is 13.2 Å². The molecule has 0 aliphatic carbocycles. The van der Waals surface area contributed by atoms with E-state index in [0.717, 1.165) is 27.8 Å². The summed E-state index contributed by atoms with van der Waals surface area (Å²) in [5.41, 5.74) is 2.75. The van der Waals surface area contributed by atoms with Crippen LogP contribution in [0.15, 0.2) is 48.7 Å². The largest absolute Gasteiger partial charge is 0.497 e. The van der Waals surface area contributed by atoms with E-state index in [0.29, 0.717) is 32.5 Å². The molecule has 154 valence electrons. The molecule has 0 spiro atoms. The van der Waals surface area contributed by atoms with Gasteiger partial charge in [-0.15, -0.1) is 0 Å². The summed E-state index contributed by atoms with van der Waals surface area (Å²) in [6.45, 7) is 1.29. The molecule has 6 heteroatoms. The predicted octanol–water partition coefficient (Wildman–Crippen LogP) is 5.41. The summed E-state index contributed by atoms with van der Waals surface area (Å²) in [6.07, 6.45) is 2.74. The van der Waals surface area contributed by atoms with Crippen LogP contribution in [0.5, 0.6) is 5.75 Å². The van der Waals surface area contributed by atoms with Crippen molar-refractivity contribution in [3.8, 4) is 5.75 Å². The van der Waals surface area contributed by atoms with Crippen molar-refractivity contribution < 1.29 is 17.9 Å². The first-order chi connectivity index (χ1) is 13.9. The number of halogens is 3. The molecule has 0 amide bonds. The van der Waals surface area contributed by atoms with Crippen molar-refractivity contribution in [2.24, 2.45) is 5.92 Å². The summed E-state index contributed by atoms with van der Waals surface area (Å²) in [6, 6.07) is 12.2. The molecule has 3 aromatic rings. The van der Waals surface area contributed by atoms with Crippen LogP contribution in [0.4, 0.5) is 13.2 Å². The number of aryl methyl sites for hydroxylation is 1. The molecule has 1 aliphatic rings. The smallest absolute Gasteiger partial charge is 0.253 e. The quantitative estimate of drug-likeness (QED) is 0.598. The highest BCUT2D eigenvalue weighted by Crippen LogP contribution is 2.37. The zero-order valence-electron chi connectivity index (χ0n) is 16.4. The van der Waals surface area contributed by atoms with Crippen LogP contribution in [-0.4, -0.2) is 36.0 Å². The maximum Gasteiger partial charge on any atom is 0.253 e. The first-order valence-corrected chi connectivity index (χ1v) is 9.93. The summed E-state index contributed by atoms with van der Waals surface area (Å²) in [4.78, 5) is 5.16. The second-order valence-electron chi connectivity index (χ2n) is 7.84. The third kappa shape index (κ3) is 4.42. The molecule has 1 N–H and O–H groups in total. The summed E-state index contributed by atoms with van der Waals surface area (Å²) in [7, 11) is 1.60. The molecule has 0 bridgehead atoms. The van der Waals surface area contributed by atoms with E-state index in [1.165, 1.54) is 12.1 Å². The van der Waals surface area contributed by atoms with Crippen LogP contribution in [0.3, 0.4) is 0 Å². The minimum absolute atomic E-state index is 0.132. The molecule has 2 heterocycles. The molecule has 1 saturated heterocycles. The molecule has 3 nitrogen and oxygen atoms in total. The van der Waals surface area contributed by atoms with Gasteiger partial charge in [-0.25, -0.2) is 13.2 Å². The van der Waals surface area contributed by atoms with Crippen molar-refractivity contribution in [2.75, 3.05) is 20.2 Å². The Hall–Kier alpha value is -2.47. The van der Waals surface area contributed by atoms with Crippen LogP contribution in [0, 0.1) is 11.7 Å². The van der Waals surface area contributed by atoms with Crippen LogP contribution in [0.2, 0.25) is 0 Å². The first kappa shape index (κ1) is 19.8. The van der Waals surface area contributed by atoms with Crippen LogP contribution < -0.4 is 4.74 Å². The van der Waals surface area contributed by atoms with Gasteiger partial charge in [0.15, 0.2) is 0 Å². The monoisotopic (exact) mass is 402 g/mol.